The molecule has 5 nitrogen and oxygen atoms in total. The minimum absolute atomic E-state index is 0. The molecule has 7 heteroatoms. The maximum atomic E-state index is 12.7. The molecule has 27 heavy (non-hydrogen) atoms. The van der Waals surface area contributed by atoms with Gasteiger partial charge in [0.2, 0.25) is 0 Å². The quantitative estimate of drug-likeness (QED) is 0.715. The summed E-state index contributed by atoms with van der Waals surface area (Å²) in [6, 6.07) is 14.0. The Labute approximate surface area is 170 Å². The first-order valence-corrected chi connectivity index (χ1v) is 9.13. The highest BCUT2D eigenvalue weighted by Crippen LogP contribution is 2.20. The molecule has 0 atom stereocenters. The first-order chi connectivity index (χ1) is 12.5. The van der Waals surface area contributed by atoms with Crippen LogP contribution in [0, 0.1) is 0 Å². The maximum absolute atomic E-state index is 12.7. The van der Waals surface area contributed by atoms with Crippen molar-refractivity contribution in [3.8, 4) is 0 Å². The number of amides is 2. The van der Waals surface area contributed by atoms with Crippen LogP contribution in [-0.2, 0) is 0 Å². The van der Waals surface area contributed by atoms with Crippen molar-refractivity contribution in [2.75, 3.05) is 5.32 Å². The van der Waals surface area contributed by atoms with Crippen LogP contribution in [-0.4, -0.2) is 23.9 Å². The zero-order valence-corrected chi connectivity index (χ0v) is 16.4. The molecule has 0 bridgehead atoms. The molecular formula is C20H23Cl2N3O2. The van der Waals surface area contributed by atoms with E-state index in [1.165, 1.54) is 0 Å². The predicted octanol–water partition coefficient (Wildman–Crippen LogP) is 4.01. The summed E-state index contributed by atoms with van der Waals surface area (Å²) in [5.74, 6) is -0.469. The molecule has 1 aliphatic carbocycles. The van der Waals surface area contributed by atoms with E-state index in [0.29, 0.717) is 21.8 Å². The lowest BCUT2D eigenvalue weighted by molar-refractivity contribution is 0.0927. The number of carbonyl (C=O) groups excluding carboxylic acids is 2. The van der Waals surface area contributed by atoms with E-state index in [-0.39, 0.29) is 36.3 Å². The normalized spacial score (nSPS) is 18.9. The number of para-hydroxylation sites is 1. The third-order valence-electron chi connectivity index (χ3n) is 4.63. The Morgan fingerprint density at radius 1 is 0.926 bits per heavy atom. The van der Waals surface area contributed by atoms with Gasteiger partial charge in [0.25, 0.3) is 11.8 Å². The Hall–Kier alpha value is -2.08. The monoisotopic (exact) mass is 407 g/mol. The van der Waals surface area contributed by atoms with Crippen molar-refractivity contribution in [2.24, 2.45) is 5.73 Å². The van der Waals surface area contributed by atoms with E-state index < -0.39 is 0 Å². The first-order valence-electron chi connectivity index (χ1n) is 8.75. The molecule has 2 aromatic carbocycles. The smallest absolute Gasteiger partial charge is 0.255 e. The van der Waals surface area contributed by atoms with Crippen LogP contribution in [0.4, 0.5) is 5.69 Å². The van der Waals surface area contributed by atoms with Crippen LogP contribution >= 0.6 is 24.0 Å². The summed E-state index contributed by atoms with van der Waals surface area (Å²) in [6.07, 6.45) is 3.60. The fraction of sp³-hybridized carbons (Fsp3) is 0.300. The Balaban J connectivity index is 0.00000261. The molecule has 4 N–H and O–H groups in total. The summed E-state index contributed by atoms with van der Waals surface area (Å²) in [4.78, 5) is 25.1. The second kappa shape index (κ2) is 9.74. The lowest BCUT2D eigenvalue weighted by atomic mass is 9.91. The Morgan fingerprint density at radius 2 is 1.56 bits per heavy atom. The third kappa shape index (κ3) is 5.70. The molecule has 144 valence electrons. The molecule has 1 saturated carbocycles. The predicted molar refractivity (Wildman–Crippen MR) is 111 cm³/mol. The molecule has 0 aliphatic heterocycles. The van der Waals surface area contributed by atoms with E-state index in [9.17, 15) is 9.59 Å². The minimum Gasteiger partial charge on any atom is -0.349 e. The summed E-state index contributed by atoms with van der Waals surface area (Å²) in [6.45, 7) is 0. The third-order valence-corrected chi connectivity index (χ3v) is 4.89. The van der Waals surface area contributed by atoms with E-state index in [1.807, 2.05) is 0 Å². The van der Waals surface area contributed by atoms with Gasteiger partial charge in [0.1, 0.15) is 0 Å². The number of rotatable bonds is 4. The van der Waals surface area contributed by atoms with Gasteiger partial charge in [-0.2, -0.15) is 0 Å². The van der Waals surface area contributed by atoms with Crippen LogP contribution in [0.5, 0.6) is 0 Å². The Kier molecular flexibility index (Phi) is 7.66. The molecule has 2 amide bonds. The van der Waals surface area contributed by atoms with Crippen molar-refractivity contribution in [1.82, 2.24) is 5.32 Å². The van der Waals surface area contributed by atoms with E-state index in [2.05, 4.69) is 10.6 Å². The van der Waals surface area contributed by atoms with Crippen molar-refractivity contribution >= 4 is 41.5 Å². The second-order valence-electron chi connectivity index (χ2n) is 6.59. The van der Waals surface area contributed by atoms with Crippen LogP contribution in [0.3, 0.4) is 0 Å². The Bertz CT molecular complexity index is 788. The number of halogens is 2. The molecule has 0 unspecified atom stereocenters. The summed E-state index contributed by atoms with van der Waals surface area (Å²) >= 11 is 5.85. The molecule has 0 saturated heterocycles. The highest BCUT2D eigenvalue weighted by Gasteiger charge is 2.22. The fourth-order valence-corrected chi connectivity index (χ4v) is 3.24. The van der Waals surface area contributed by atoms with Gasteiger partial charge in [-0.25, -0.2) is 0 Å². The van der Waals surface area contributed by atoms with Crippen LogP contribution in [0.1, 0.15) is 46.4 Å². The Morgan fingerprint density at radius 3 is 2.22 bits per heavy atom. The van der Waals surface area contributed by atoms with Gasteiger partial charge < -0.3 is 16.4 Å². The molecule has 1 aliphatic rings. The molecule has 0 spiro atoms. The molecule has 1 fully saturated rings. The van der Waals surface area contributed by atoms with Gasteiger partial charge >= 0.3 is 0 Å². The number of hydrogen-bond acceptors (Lipinski definition) is 3. The standard InChI is InChI=1S/C20H22ClN3O2.ClH/c21-14-7-5-13(6-8-14)19(25)24-18-4-2-1-3-17(18)20(26)23-16-11-9-15(22)10-12-16;/h1-8,15-16H,9-12,22H2,(H,23,26)(H,24,25);1H. The van der Waals surface area contributed by atoms with Crippen LogP contribution < -0.4 is 16.4 Å². The van der Waals surface area contributed by atoms with Gasteiger partial charge in [0.15, 0.2) is 0 Å². The molecule has 2 aromatic rings. The second-order valence-corrected chi connectivity index (χ2v) is 7.03. The van der Waals surface area contributed by atoms with Crippen molar-refractivity contribution in [3.63, 3.8) is 0 Å². The summed E-state index contributed by atoms with van der Waals surface area (Å²) in [5.41, 5.74) is 7.32. The average molecular weight is 408 g/mol. The van der Waals surface area contributed by atoms with Gasteiger partial charge in [-0.15, -0.1) is 12.4 Å². The van der Waals surface area contributed by atoms with Crippen molar-refractivity contribution in [3.05, 3.63) is 64.7 Å². The van der Waals surface area contributed by atoms with Crippen LogP contribution in [0.2, 0.25) is 5.02 Å². The molecule has 0 radical (unpaired) electrons. The number of anilines is 1. The molecular weight excluding hydrogens is 385 g/mol. The molecule has 3 rings (SSSR count). The molecule has 0 heterocycles. The van der Waals surface area contributed by atoms with E-state index in [1.54, 1.807) is 48.5 Å². The van der Waals surface area contributed by atoms with Crippen molar-refractivity contribution < 1.29 is 9.59 Å². The highest BCUT2D eigenvalue weighted by molar-refractivity contribution is 6.30. The van der Waals surface area contributed by atoms with Crippen LogP contribution in [0.15, 0.2) is 48.5 Å². The lowest BCUT2D eigenvalue weighted by Gasteiger charge is -2.27. The van der Waals surface area contributed by atoms with E-state index in [0.717, 1.165) is 25.7 Å². The van der Waals surface area contributed by atoms with Crippen LogP contribution in [0.25, 0.3) is 0 Å². The minimum atomic E-state index is -0.287. The summed E-state index contributed by atoms with van der Waals surface area (Å²) < 4.78 is 0. The van der Waals surface area contributed by atoms with Crippen molar-refractivity contribution in [1.29, 1.82) is 0 Å². The largest absolute Gasteiger partial charge is 0.349 e. The van der Waals surface area contributed by atoms with Gasteiger partial charge in [-0.3, -0.25) is 9.59 Å². The summed E-state index contributed by atoms with van der Waals surface area (Å²) in [5, 5.41) is 6.43. The van der Waals surface area contributed by atoms with Crippen molar-refractivity contribution in [2.45, 2.75) is 37.8 Å². The van der Waals surface area contributed by atoms with E-state index >= 15 is 0 Å². The zero-order valence-electron chi connectivity index (χ0n) is 14.8. The first kappa shape index (κ1) is 21.2. The van der Waals surface area contributed by atoms with Gasteiger partial charge in [0.05, 0.1) is 11.3 Å². The highest BCUT2D eigenvalue weighted by atomic mass is 35.5. The number of benzene rings is 2. The van der Waals surface area contributed by atoms with E-state index in [4.69, 9.17) is 17.3 Å². The number of carbonyl (C=O) groups is 2. The van der Waals surface area contributed by atoms with Gasteiger partial charge in [0, 0.05) is 22.7 Å². The SMILES string of the molecule is Cl.NC1CCC(NC(=O)c2ccccc2NC(=O)c2ccc(Cl)cc2)CC1. The summed E-state index contributed by atoms with van der Waals surface area (Å²) in [7, 11) is 0. The number of hydrogen-bond donors (Lipinski definition) is 3. The van der Waals surface area contributed by atoms with Gasteiger partial charge in [-0.05, 0) is 62.1 Å². The number of nitrogens with two attached hydrogens (primary N) is 1. The topological polar surface area (TPSA) is 84.2 Å². The lowest BCUT2D eigenvalue weighted by Crippen LogP contribution is -2.40. The van der Waals surface area contributed by atoms with Gasteiger partial charge in [-0.1, -0.05) is 23.7 Å². The number of nitrogens with one attached hydrogen (secondary N) is 2. The fourth-order valence-electron chi connectivity index (χ4n) is 3.11. The average Bonchev–Trinajstić information content (AvgIpc) is 2.64. The maximum Gasteiger partial charge on any atom is 0.255 e. The zero-order chi connectivity index (χ0) is 18.5. The molecule has 0 aromatic heterocycles.